The Hall–Kier alpha value is -1.44. The predicted molar refractivity (Wildman–Crippen MR) is 84.1 cm³/mol. The Balaban J connectivity index is 1.53. The third-order valence-electron chi connectivity index (χ3n) is 4.36. The lowest BCUT2D eigenvalue weighted by Gasteiger charge is -2.28. The van der Waals surface area contributed by atoms with Gasteiger partial charge in [0, 0.05) is 18.1 Å². The highest BCUT2D eigenvalue weighted by Gasteiger charge is 2.29. The van der Waals surface area contributed by atoms with Crippen LogP contribution in [0, 0.1) is 0 Å². The van der Waals surface area contributed by atoms with Crippen LogP contribution in [0.25, 0.3) is 0 Å². The van der Waals surface area contributed by atoms with Crippen LogP contribution < -0.4 is 10.6 Å². The molecular weight excluding hydrogens is 298 g/mol. The molecule has 128 valence electrons. The number of nitrogens with one attached hydrogen (secondary N) is 2. The molecule has 1 amide bonds. The van der Waals surface area contributed by atoms with E-state index in [1.54, 1.807) is 6.07 Å². The molecule has 0 radical (unpaired) electrons. The molecule has 0 bridgehead atoms. The number of aromatic nitrogens is 1. The predicted octanol–water partition coefficient (Wildman–Crippen LogP) is 1.80. The van der Waals surface area contributed by atoms with Gasteiger partial charge in [0.2, 0.25) is 11.8 Å². The Morgan fingerprint density at radius 3 is 2.96 bits per heavy atom. The Kier molecular flexibility index (Phi) is 4.99. The molecule has 3 rings (SSSR count). The molecule has 7 nitrogen and oxygen atoms in total. The summed E-state index contributed by atoms with van der Waals surface area (Å²) in [5, 5.41) is 9.87. The average molecular weight is 323 g/mol. The fourth-order valence-corrected chi connectivity index (χ4v) is 2.59. The summed E-state index contributed by atoms with van der Waals surface area (Å²) in [6.07, 6.45) is 3.91. The summed E-state index contributed by atoms with van der Waals surface area (Å²) < 4.78 is 16.7. The van der Waals surface area contributed by atoms with Crippen LogP contribution in [0.3, 0.4) is 0 Å². The zero-order valence-corrected chi connectivity index (χ0v) is 13.8. The lowest BCUT2D eigenvalue weighted by atomic mass is 9.90. The Bertz CT molecular complexity index is 533. The van der Waals surface area contributed by atoms with Crippen LogP contribution in [-0.2, 0) is 19.7 Å². The van der Waals surface area contributed by atoms with Gasteiger partial charge in [0.1, 0.15) is 0 Å². The molecule has 0 aliphatic carbocycles. The second-order valence-corrected chi connectivity index (χ2v) is 6.85. The molecular formula is C16H25N3O4. The van der Waals surface area contributed by atoms with E-state index < -0.39 is 0 Å². The normalized spacial score (nSPS) is 25.0. The van der Waals surface area contributed by atoms with Crippen molar-refractivity contribution >= 4 is 11.8 Å². The number of nitrogens with zero attached hydrogens (tertiary/aromatic N) is 1. The smallest absolute Gasteiger partial charge is 0.243 e. The maximum absolute atomic E-state index is 11.9. The molecule has 0 aromatic carbocycles. The first-order valence-corrected chi connectivity index (χ1v) is 8.29. The van der Waals surface area contributed by atoms with Gasteiger partial charge in [-0.15, -0.1) is 0 Å². The zero-order valence-electron chi connectivity index (χ0n) is 13.8. The minimum atomic E-state index is -0.317. The van der Waals surface area contributed by atoms with Crippen LogP contribution in [0.15, 0.2) is 10.6 Å². The van der Waals surface area contributed by atoms with Crippen molar-refractivity contribution in [1.29, 1.82) is 0 Å². The lowest BCUT2D eigenvalue weighted by molar-refractivity contribution is -0.170. The zero-order chi connectivity index (χ0) is 16.3. The average Bonchev–Trinajstić information content (AvgIpc) is 2.94. The quantitative estimate of drug-likeness (QED) is 0.830. The number of carbonyl (C=O) groups excluding carboxylic acids is 1. The van der Waals surface area contributed by atoms with Crippen LogP contribution >= 0.6 is 0 Å². The summed E-state index contributed by atoms with van der Waals surface area (Å²) in [6, 6.07) is 1.64. The number of rotatable bonds is 6. The third kappa shape index (κ3) is 4.10. The van der Waals surface area contributed by atoms with Gasteiger partial charge in [-0.2, -0.15) is 0 Å². The standard InChI is InChI=1S/C16H25N3O4/c1-16(2,10-22-14-5-3-4-8-21-14)12-9-13(23-19-12)18-15(20)11-6-7-17-11/h9,11,14,17H,3-8,10H2,1-2H3,(H,18,20). The molecule has 1 aromatic rings. The molecule has 2 N–H and O–H groups in total. The fraction of sp³-hybridized carbons (Fsp3) is 0.750. The number of carbonyl (C=O) groups is 1. The maximum Gasteiger partial charge on any atom is 0.243 e. The van der Waals surface area contributed by atoms with Gasteiger partial charge in [0.15, 0.2) is 6.29 Å². The molecule has 2 aliphatic rings. The van der Waals surface area contributed by atoms with E-state index in [0.717, 1.165) is 44.5 Å². The van der Waals surface area contributed by atoms with Crippen molar-refractivity contribution in [3.8, 4) is 0 Å². The fourth-order valence-electron chi connectivity index (χ4n) is 2.59. The van der Waals surface area contributed by atoms with Crippen LogP contribution in [0.4, 0.5) is 5.88 Å². The van der Waals surface area contributed by atoms with Crippen molar-refractivity contribution in [2.75, 3.05) is 25.1 Å². The van der Waals surface area contributed by atoms with Crippen molar-refractivity contribution in [2.45, 2.75) is 57.3 Å². The minimum absolute atomic E-state index is 0.0800. The number of hydrogen-bond donors (Lipinski definition) is 2. The van der Waals surface area contributed by atoms with E-state index in [4.69, 9.17) is 14.0 Å². The molecule has 2 aliphatic heterocycles. The van der Waals surface area contributed by atoms with Crippen molar-refractivity contribution in [3.63, 3.8) is 0 Å². The van der Waals surface area contributed by atoms with Crippen LogP contribution in [-0.4, -0.2) is 43.2 Å². The van der Waals surface area contributed by atoms with E-state index in [0.29, 0.717) is 12.5 Å². The van der Waals surface area contributed by atoms with Gasteiger partial charge in [-0.3, -0.25) is 10.1 Å². The summed E-state index contributed by atoms with van der Waals surface area (Å²) >= 11 is 0. The highest BCUT2D eigenvalue weighted by Crippen LogP contribution is 2.27. The highest BCUT2D eigenvalue weighted by atomic mass is 16.7. The Morgan fingerprint density at radius 2 is 2.30 bits per heavy atom. The van der Waals surface area contributed by atoms with E-state index >= 15 is 0 Å². The molecule has 1 aromatic heterocycles. The summed E-state index contributed by atoms with van der Waals surface area (Å²) in [6.45, 7) is 6.20. The lowest BCUT2D eigenvalue weighted by Crippen LogP contribution is -2.50. The number of anilines is 1. The first-order chi connectivity index (χ1) is 11.0. The van der Waals surface area contributed by atoms with Crippen molar-refractivity contribution in [1.82, 2.24) is 10.5 Å². The van der Waals surface area contributed by atoms with Gasteiger partial charge >= 0.3 is 0 Å². The largest absolute Gasteiger partial charge is 0.353 e. The Labute approximate surface area is 136 Å². The third-order valence-corrected chi connectivity index (χ3v) is 4.36. The van der Waals surface area contributed by atoms with Gasteiger partial charge in [0.25, 0.3) is 0 Å². The van der Waals surface area contributed by atoms with Crippen molar-refractivity contribution < 1.29 is 18.8 Å². The maximum atomic E-state index is 11.9. The molecule has 2 atom stereocenters. The summed E-state index contributed by atoms with van der Waals surface area (Å²) in [5.41, 5.74) is 0.437. The first-order valence-electron chi connectivity index (χ1n) is 8.29. The van der Waals surface area contributed by atoms with Crippen LogP contribution in [0.5, 0.6) is 0 Å². The molecule has 7 heteroatoms. The summed E-state index contributed by atoms with van der Waals surface area (Å²) in [4.78, 5) is 11.9. The molecule has 0 spiro atoms. The Morgan fingerprint density at radius 1 is 1.48 bits per heavy atom. The first kappa shape index (κ1) is 16.4. The van der Waals surface area contributed by atoms with E-state index in [1.165, 1.54) is 0 Å². The summed E-state index contributed by atoms with van der Waals surface area (Å²) in [5.74, 6) is 0.296. The highest BCUT2D eigenvalue weighted by molar-refractivity contribution is 5.94. The number of hydrogen-bond acceptors (Lipinski definition) is 6. The molecule has 0 saturated carbocycles. The van der Waals surface area contributed by atoms with E-state index in [-0.39, 0.29) is 23.7 Å². The molecule has 3 heterocycles. The molecule has 2 fully saturated rings. The number of ether oxygens (including phenoxy) is 2. The van der Waals surface area contributed by atoms with Crippen LogP contribution in [0.1, 0.15) is 45.2 Å². The monoisotopic (exact) mass is 323 g/mol. The van der Waals surface area contributed by atoms with Gasteiger partial charge in [-0.1, -0.05) is 19.0 Å². The minimum Gasteiger partial charge on any atom is -0.353 e. The van der Waals surface area contributed by atoms with E-state index in [2.05, 4.69) is 15.8 Å². The molecule has 2 unspecified atom stereocenters. The van der Waals surface area contributed by atoms with Gasteiger partial charge in [-0.05, 0) is 32.2 Å². The van der Waals surface area contributed by atoms with Gasteiger partial charge in [0.05, 0.1) is 18.3 Å². The van der Waals surface area contributed by atoms with E-state index in [1.807, 2.05) is 13.8 Å². The second kappa shape index (κ2) is 6.98. The molecule has 2 saturated heterocycles. The SMILES string of the molecule is CC(C)(COC1CCCCO1)c1cc(NC(=O)C2CCN2)on1. The van der Waals surface area contributed by atoms with Crippen molar-refractivity contribution in [2.24, 2.45) is 0 Å². The van der Waals surface area contributed by atoms with Crippen LogP contribution in [0.2, 0.25) is 0 Å². The summed E-state index contributed by atoms with van der Waals surface area (Å²) in [7, 11) is 0. The van der Waals surface area contributed by atoms with Gasteiger partial charge in [-0.25, -0.2) is 0 Å². The number of amides is 1. The molecule has 23 heavy (non-hydrogen) atoms. The van der Waals surface area contributed by atoms with E-state index in [9.17, 15) is 4.79 Å². The topological polar surface area (TPSA) is 85.6 Å². The van der Waals surface area contributed by atoms with Crippen molar-refractivity contribution in [3.05, 3.63) is 11.8 Å². The second-order valence-electron chi connectivity index (χ2n) is 6.85. The van der Waals surface area contributed by atoms with Gasteiger partial charge < -0.3 is 19.3 Å².